The van der Waals surface area contributed by atoms with E-state index >= 15 is 0 Å². The normalized spacial score (nSPS) is 23.4. The molecule has 86 valence electrons. The first-order valence-electron chi connectivity index (χ1n) is 5.51. The van der Waals surface area contributed by atoms with Crippen LogP contribution in [0.15, 0.2) is 0 Å². The van der Waals surface area contributed by atoms with Crippen molar-refractivity contribution in [3.8, 4) is 0 Å². The van der Waals surface area contributed by atoms with Gasteiger partial charge in [-0.1, -0.05) is 13.8 Å². The van der Waals surface area contributed by atoms with Crippen LogP contribution in [0, 0.1) is 0 Å². The van der Waals surface area contributed by atoms with E-state index in [-0.39, 0.29) is 12.7 Å². The number of ether oxygens (including phenoxy) is 2. The fourth-order valence-electron chi connectivity index (χ4n) is 0.762. The summed E-state index contributed by atoms with van der Waals surface area (Å²) in [6.07, 6.45) is 3.28. The maximum atomic E-state index is 8.08. The van der Waals surface area contributed by atoms with Gasteiger partial charge >= 0.3 is 0 Å². The molecule has 0 radical (unpaired) electrons. The minimum absolute atomic E-state index is 0.190. The Morgan fingerprint density at radius 2 is 1.71 bits per heavy atom. The van der Waals surface area contributed by atoms with Gasteiger partial charge in [-0.15, -0.1) is 0 Å². The smallest absolute Gasteiger partial charge is 0.104 e. The first-order chi connectivity index (χ1) is 6.63. The Morgan fingerprint density at radius 1 is 1.29 bits per heavy atom. The molecular weight excluding hydrogens is 180 g/mol. The third kappa shape index (κ3) is 8.48. The maximum Gasteiger partial charge on any atom is 0.104 e. The minimum Gasteiger partial charge on any atom is -0.394 e. The van der Waals surface area contributed by atoms with Crippen molar-refractivity contribution in [1.82, 2.24) is 0 Å². The molecule has 3 atom stereocenters. The molecule has 0 amide bonds. The van der Waals surface area contributed by atoms with Gasteiger partial charge in [0.2, 0.25) is 0 Å². The van der Waals surface area contributed by atoms with Crippen LogP contribution in [0.1, 0.15) is 40.5 Å². The van der Waals surface area contributed by atoms with Crippen LogP contribution in [-0.2, 0) is 9.47 Å². The Hall–Kier alpha value is -0.120. The average Bonchev–Trinajstić information content (AvgIpc) is 3.01. The lowest BCUT2D eigenvalue weighted by atomic mass is 10.3. The highest BCUT2D eigenvalue weighted by Gasteiger charge is 2.19. The summed E-state index contributed by atoms with van der Waals surface area (Å²) in [6, 6.07) is 0. The van der Waals surface area contributed by atoms with Crippen molar-refractivity contribution in [3.05, 3.63) is 0 Å². The van der Waals surface area contributed by atoms with Gasteiger partial charge in [0, 0.05) is 0 Å². The fraction of sp³-hybridized carbons (Fsp3) is 1.00. The van der Waals surface area contributed by atoms with Crippen molar-refractivity contribution >= 4 is 0 Å². The Morgan fingerprint density at radius 3 is 1.86 bits per heavy atom. The van der Waals surface area contributed by atoms with Crippen molar-refractivity contribution in [2.45, 2.75) is 58.8 Å². The van der Waals surface area contributed by atoms with Crippen LogP contribution in [0.4, 0.5) is 0 Å². The van der Waals surface area contributed by atoms with Crippen molar-refractivity contribution < 1.29 is 14.6 Å². The van der Waals surface area contributed by atoms with E-state index in [4.69, 9.17) is 9.84 Å². The number of epoxide rings is 1. The van der Waals surface area contributed by atoms with Gasteiger partial charge in [0.05, 0.1) is 25.4 Å². The molecule has 1 saturated heterocycles. The van der Waals surface area contributed by atoms with Crippen LogP contribution in [0.25, 0.3) is 0 Å². The topological polar surface area (TPSA) is 42.0 Å². The number of aliphatic hydroxyl groups excluding tert-OH is 1. The van der Waals surface area contributed by atoms with Gasteiger partial charge in [-0.2, -0.15) is 0 Å². The molecule has 0 aromatic carbocycles. The van der Waals surface area contributed by atoms with Gasteiger partial charge in [0.25, 0.3) is 0 Å². The quantitative estimate of drug-likeness (QED) is 0.696. The lowest BCUT2D eigenvalue weighted by Crippen LogP contribution is -2.14. The molecule has 1 aliphatic rings. The molecule has 0 aromatic heterocycles. The molecule has 0 bridgehead atoms. The van der Waals surface area contributed by atoms with E-state index in [1.54, 1.807) is 0 Å². The summed E-state index contributed by atoms with van der Waals surface area (Å²) in [7, 11) is 0. The van der Waals surface area contributed by atoms with E-state index in [1.165, 1.54) is 0 Å². The summed E-state index contributed by atoms with van der Waals surface area (Å²) in [5.74, 6) is 0. The molecule has 1 rings (SSSR count). The van der Waals surface area contributed by atoms with E-state index in [0.717, 1.165) is 19.4 Å². The van der Waals surface area contributed by atoms with E-state index in [1.807, 2.05) is 0 Å². The van der Waals surface area contributed by atoms with Crippen molar-refractivity contribution in [3.63, 3.8) is 0 Å². The molecule has 14 heavy (non-hydrogen) atoms. The molecule has 3 heteroatoms. The van der Waals surface area contributed by atoms with Crippen LogP contribution >= 0.6 is 0 Å². The predicted octanol–water partition coefficient (Wildman–Crippen LogP) is 1.98. The van der Waals surface area contributed by atoms with Crippen molar-refractivity contribution in [1.29, 1.82) is 0 Å². The molecule has 1 N–H and O–H groups in total. The summed E-state index contributed by atoms with van der Waals surface area (Å²) in [4.78, 5) is 0. The highest BCUT2D eigenvalue weighted by molar-refractivity contribution is 4.65. The zero-order valence-electron chi connectivity index (χ0n) is 9.82. The third-order valence-corrected chi connectivity index (χ3v) is 2.22. The van der Waals surface area contributed by atoms with E-state index in [9.17, 15) is 0 Å². The molecular formula is C11H24O3. The SMILES string of the molecule is CCC(C)OC(C)CC.OCC1CO1. The van der Waals surface area contributed by atoms with Crippen LogP contribution in [0.5, 0.6) is 0 Å². The summed E-state index contributed by atoms with van der Waals surface area (Å²) in [6.45, 7) is 9.48. The molecule has 1 heterocycles. The van der Waals surface area contributed by atoms with E-state index in [0.29, 0.717) is 12.2 Å². The lowest BCUT2D eigenvalue weighted by Gasteiger charge is -2.15. The summed E-state index contributed by atoms with van der Waals surface area (Å²) >= 11 is 0. The van der Waals surface area contributed by atoms with E-state index < -0.39 is 0 Å². The lowest BCUT2D eigenvalue weighted by molar-refractivity contribution is 0.00511. The Balaban J connectivity index is 0.000000280. The highest BCUT2D eigenvalue weighted by Crippen LogP contribution is 2.05. The largest absolute Gasteiger partial charge is 0.394 e. The zero-order chi connectivity index (χ0) is 11.0. The van der Waals surface area contributed by atoms with Crippen molar-refractivity contribution in [2.24, 2.45) is 0 Å². The average molecular weight is 204 g/mol. The van der Waals surface area contributed by atoms with Gasteiger partial charge in [-0.05, 0) is 26.7 Å². The number of hydrogen-bond acceptors (Lipinski definition) is 3. The Bertz CT molecular complexity index is 116. The number of hydrogen-bond donors (Lipinski definition) is 1. The van der Waals surface area contributed by atoms with Crippen molar-refractivity contribution in [2.75, 3.05) is 13.2 Å². The highest BCUT2D eigenvalue weighted by atomic mass is 16.6. The molecule has 3 nitrogen and oxygen atoms in total. The molecule has 0 saturated carbocycles. The molecule has 1 aliphatic heterocycles. The number of aliphatic hydroxyl groups is 1. The summed E-state index contributed by atoms with van der Waals surface area (Å²) in [5, 5.41) is 8.08. The first kappa shape index (κ1) is 13.9. The van der Waals surface area contributed by atoms with Gasteiger partial charge in [-0.25, -0.2) is 0 Å². The number of rotatable bonds is 5. The molecule has 1 fully saturated rings. The molecule has 0 spiro atoms. The summed E-state index contributed by atoms with van der Waals surface area (Å²) in [5.41, 5.74) is 0. The Kier molecular flexibility index (Phi) is 8.14. The van der Waals surface area contributed by atoms with Crippen LogP contribution in [-0.4, -0.2) is 36.6 Å². The summed E-state index contributed by atoms with van der Waals surface area (Å²) < 4.78 is 10.2. The molecule has 0 aromatic rings. The van der Waals surface area contributed by atoms with Crippen LogP contribution < -0.4 is 0 Å². The monoisotopic (exact) mass is 204 g/mol. The predicted molar refractivity (Wildman–Crippen MR) is 57.4 cm³/mol. The van der Waals surface area contributed by atoms with Crippen LogP contribution in [0.3, 0.4) is 0 Å². The third-order valence-electron chi connectivity index (χ3n) is 2.22. The second-order valence-corrected chi connectivity index (χ2v) is 3.71. The maximum absolute atomic E-state index is 8.08. The van der Waals surface area contributed by atoms with Gasteiger partial charge in [-0.3, -0.25) is 0 Å². The van der Waals surface area contributed by atoms with Crippen LogP contribution in [0.2, 0.25) is 0 Å². The second-order valence-electron chi connectivity index (χ2n) is 3.71. The second kappa shape index (κ2) is 8.21. The van der Waals surface area contributed by atoms with E-state index in [2.05, 4.69) is 32.4 Å². The van der Waals surface area contributed by atoms with Gasteiger partial charge < -0.3 is 14.6 Å². The molecule has 3 unspecified atom stereocenters. The Labute approximate surface area is 87.4 Å². The molecule has 0 aliphatic carbocycles. The zero-order valence-corrected chi connectivity index (χ0v) is 9.82. The fourth-order valence-corrected chi connectivity index (χ4v) is 0.762. The standard InChI is InChI=1S/C8H18O.C3H6O2/c1-5-7(3)9-8(4)6-2;4-1-3-2-5-3/h7-8H,5-6H2,1-4H3;3-4H,1-2H2. The van der Waals surface area contributed by atoms with Gasteiger partial charge in [0.15, 0.2) is 0 Å². The minimum atomic E-state index is 0.190. The van der Waals surface area contributed by atoms with Gasteiger partial charge in [0.1, 0.15) is 6.10 Å². The first-order valence-corrected chi connectivity index (χ1v) is 5.51.